The van der Waals surface area contributed by atoms with Crippen LogP contribution in [0.2, 0.25) is 0 Å². The molecule has 0 saturated carbocycles. The van der Waals surface area contributed by atoms with Crippen molar-refractivity contribution in [1.29, 1.82) is 0 Å². The number of primary amides is 1. The van der Waals surface area contributed by atoms with Gasteiger partial charge in [0.1, 0.15) is 0 Å². The van der Waals surface area contributed by atoms with E-state index in [1.165, 1.54) is 18.2 Å². The molecule has 0 aromatic heterocycles. The number of nitrogens with one attached hydrogen (secondary N) is 2. The van der Waals surface area contributed by atoms with Gasteiger partial charge in [-0.05, 0) is 34.1 Å². The highest BCUT2D eigenvalue weighted by Gasteiger charge is 2.09. The number of nitrogens with two attached hydrogens (primary N) is 1. The molecule has 19 heavy (non-hydrogen) atoms. The SMILES string of the molecule is NC(=O)CCNC(=O)Nc1ccc(C(=O)O)cc1Br. The summed E-state index contributed by atoms with van der Waals surface area (Å²) in [6.07, 6.45) is 0.0482. The average Bonchev–Trinajstić information content (AvgIpc) is 2.31. The van der Waals surface area contributed by atoms with E-state index >= 15 is 0 Å². The number of amides is 3. The molecule has 0 bridgehead atoms. The van der Waals surface area contributed by atoms with Crippen LogP contribution in [0.25, 0.3) is 0 Å². The molecule has 1 aromatic carbocycles. The van der Waals surface area contributed by atoms with Crippen LogP contribution in [0.4, 0.5) is 10.5 Å². The van der Waals surface area contributed by atoms with Crippen molar-refractivity contribution in [2.75, 3.05) is 11.9 Å². The molecule has 0 radical (unpaired) electrons. The molecule has 1 aromatic rings. The fourth-order valence-corrected chi connectivity index (χ4v) is 1.69. The summed E-state index contributed by atoms with van der Waals surface area (Å²) in [5, 5.41) is 13.7. The molecule has 0 aliphatic carbocycles. The minimum absolute atomic E-state index is 0.0482. The number of carbonyl (C=O) groups excluding carboxylic acids is 2. The molecular weight excluding hydrogens is 318 g/mol. The van der Waals surface area contributed by atoms with Crippen molar-refractivity contribution in [3.8, 4) is 0 Å². The standard InChI is InChI=1S/C11H12BrN3O4/c12-7-5-6(10(17)18)1-2-8(7)15-11(19)14-4-3-9(13)16/h1-2,5H,3-4H2,(H2,13,16)(H,17,18)(H2,14,15,19). The van der Waals surface area contributed by atoms with E-state index in [1.807, 2.05) is 0 Å². The smallest absolute Gasteiger partial charge is 0.335 e. The van der Waals surface area contributed by atoms with Crippen LogP contribution in [0.1, 0.15) is 16.8 Å². The fourth-order valence-electron chi connectivity index (χ4n) is 1.22. The molecule has 102 valence electrons. The first-order valence-electron chi connectivity index (χ1n) is 5.26. The minimum Gasteiger partial charge on any atom is -0.478 e. The highest BCUT2D eigenvalue weighted by molar-refractivity contribution is 9.10. The van der Waals surface area contributed by atoms with Gasteiger partial charge in [-0.3, -0.25) is 4.79 Å². The molecule has 0 heterocycles. The first-order valence-corrected chi connectivity index (χ1v) is 6.05. The van der Waals surface area contributed by atoms with Crippen molar-refractivity contribution in [3.05, 3.63) is 28.2 Å². The third-order valence-corrected chi connectivity index (χ3v) is 2.78. The van der Waals surface area contributed by atoms with E-state index in [2.05, 4.69) is 26.6 Å². The summed E-state index contributed by atoms with van der Waals surface area (Å²) in [7, 11) is 0. The highest BCUT2D eigenvalue weighted by atomic mass is 79.9. The number of aromatic carboxylic acids is 1. The normalized spacial score (nSPS) is 9.74. The molecule has 0 saturated heterocycles. The third kappa shape index (κ3) is 4.96. The lowest BCUT2D eigenvalue weighted by molar-refractivity contribution is -0.117. The number of halogens is 1. The first kappa shape index (κ1) is 15.0. The van der Waals surface area contributed by atoms with E-state index < -0.39 is 17.9 Å². The molecule has 0 fully saturated rings. The monoisotopic (exact) mass is 329 g/mol. The summed E-state index contributed by atoms with van der Waals surface area (Å²) in [5.41, 5.74) is 5.45. The zero-order valence-corrected chi connectivity index (χ0v) is 11.4. The lowest BCUT2D eigenvalue weighted by Gasteiger charge is -2.09. The van der Waals surface area contributed by atoms with Crippen molar-refractivity contribution in [1.82, 2.24) is 5.32 Å². The van der Waals surface area contributed by atoms with Crippen LogP contribution in [0, 0.1) is 0 Å². The molecule has 0 atom stereocenters. The topological polar surface area (TPSA) is 122 Å². The van der Waals surface area contributed by atoms with E-state index in [1.54, 1.807) is 0 Å². The van der Waals surface area contributed by atoms with Crippen molar-refractivity contribution in [2.45, 2.75) is 6.42 Å². The zero-order chi connectivity index (χ0) is 14.4. The number of benzene rings is 1. The second-order valence-corrected chi connectivity index (χ2v) is 4.45. The Labute approximate surface area is 117 Å². The predicted molar refractivity (Wildman–Crippen MR) is 71.9 cm³/mol. The van der Waals surface area contributed by atoms with Gasteiger partial charge in [-0.25, -0.2) is 9.59 Å². The highest BCUT2D eigenvalue weighted by Crippen LogP contribution is 2.23. The summed E-state index contributed by atoms with van der Waals surface area (Å²) in [4.78, 5) is 32.7. The second kappa shape index (κ2) is 6.74. The van der Waals surface area contributed by atoms with Gasteiger partial charge < -0.3 is 21.5 Å². The fraction of sp³-hybridized carbons (Fsp3) is 0.182. The maximum atomic E-state index is 11.5. The van der Waals surface area contributed by atoms with Gasteiger partial charge in [0.15, 0.2) is 0 Å². The molecule has 5 N–H and O–H groups in total. The quantitative estimate of drug-likeness (QED) is 0.647. The Morgan fingerprint density at radius 1 is 1.32 bits per heavy atom. The Hall–Kier alpha value is -2.09. The van der Waals surface area contributed by atoms with Crippen LogP contribution >= 0.6 is 15.9 Å². The van der Waals surface area contributed by atoms with Crippen molar-refractivity contribution < 1.29 is 19.5 Å². The van der Waals surface area contributed by atoms with Gasteiger partial charge in [-0.2, -0.15) is 0 Å². The number of hydrogen-bond acceptors (Lipinski definition) is 3. The maximum Gasteiger partial charge on any atom is 0.335 e. The van der Waals surface area contributed by atoms with Gasteiger partial charge in [0.25, 0.3) is 0 Å². The van der Waals surface area contributed by atoms with Crippen LogP contribution in [0.5, 0.6) is 0 Å². The number of rotatable bonds is 5. The number of carboxylic acid groups (broad SMARTS) is 1. The van der Waals surface area contributed by atoms with Crippen LogP contribution in [-0.2, 0) is 4.79 Å². The van der Waals surface area contributed by atoms with E-state index in [0.717, 1.165) is 0 Å². The number of hydrogen-bond donors (Lipinski definition) is 4. The first-order chi connectivity index (χ1) is 8.90. The van der Waals surface area contributed by atoms with Gasteiger partial charge in [-0.1, -0.05) is 0 Å². The second-order valence-electron chi connectivity index (χ2n) is 3.60. The molecule has 0 aliphatic rings. The van der Waals surface area contributed by atoms with Gasteiger partial charge in [0.2, 0.25) is 5.91 Å². The van der Waals surface area contributed by atoms with Crippen molar-refractivity contribution >= 4 is 39.5 Å². The molecule has 0 aliphatic heterocycles. The third-order valence-electron chi connectivity index (χ3n) is 2.12. The van der Waals surface area contributed by atoms with Gasteiger partial charge in [0.05, 0.1) is 11.3 Å². The molecule has 8 heteroatoms. The zero-order valence-electron chi connectivity index (χ0n) is 9.77. The molecule has 0 unspecified atom stereocenters. The minimum atomic E-state index is -1.06. The van der Waals surface area contributed by atoms with E-state index in [0.29, 0.717) is 10.2 Å². The predicted octanol–water partition coefficient (Wildman–Crippen LogP) is 1.14. The van der Waals surface area contributed by atoms with Crippen LogP contribution in [-0.4, -0.2) is 29.6 Å². The Balaban J connectivity index is 2.59. The molecule has 3 amide bonds. The van der Waals surface area contributed by atoms with E-state index in [9.17, 15) is 14.4 Å². The summed E-state index contributed by atoms with van der Waals surface area (Å²) >= 11 is 3.16. The van der Waals surface area contributed by atoms with Gasteiger partial charge in [-0.15, -0.1) is 0 Å². The molecule has 7 nitrogen and oxygen atoms in total. The van der Waals surface area contributed by atoms with Gasteiger partial charge in [0, 0.05) is 17.4 Å². The molecule has 1 rings (SSSR count). The van der Waals surface area contributed by atoms with Gasteiger partial charge >= 0.3 is 12.0 Å². The summed E-state index contributed by atoms with van der Waals surface area (Å²) < 4.78 is 0.442. The Morgan fingerprint density at radius 2 is 2.00 bits per heavy atom. The number of carboxylic acids is 1. The van der Waals surface area contributed by atoms with E-state index in [-0.39, 0.29) is 18.5 Å². The van der Waals surface area contributed by atoms with E-state index in [4.69, 9.17) is 10.8 Å². The lowest BCUT2D eigenvalue weighted by Crippen LogP contribution is -2.31. The summed E-state index contributed by atoms with van der Waals surface area (Å²) in [6.45, 7) is 0.131. The Bertz CT molecular complexity index is 519. The largest absolute Gasteiger partial charge is 0.478 e. The lowest BCUT2D eigenvalue weighted by atomic mass is 10.2. The van der Waals surface area contributed by atoms with Crippen molar-refractivity contribution in [2.24, 2.45) is 5.73 Å². The average molecular weight is 330 g/mol. The number of anilines is 1. The molecular formula is C11H12BrN3O4. The Morgan fingerprint density at radius 3 is 2.53 bits per heavy atom. The van der Waals surface area contributed by atoms with Crippen molar-refractivity contribution in [3.63, 3.8) is 0 Å². The number of carbonyl (C=O) groups is 3. The molecule has 0 spiro atoms. The summed E-state index contributed by atoms with van der Waals surface area (Å²) in [6, 6.07) is 3.69. The number of urea groups is 1. The maximum absolute atomic E-state index is 11.5. The van der Waals surface area contributed by atoms with Crippen LogP contribution in [0.15, 0.2) is 22.7 Å². The summed E-state index contributed by atoms with van der Waals surface area (Å²) in [5.74, 6) is -1.56. The van der Waals surface area contributed by atoms with Crippen LogP contribution in [0.3, 0.4) is 0 Å². The van der Waals surface area contributed by atoms with Crippen LogP contribution < -0.4 is 16.4 Å². The Kier molecular flexibility index (Phi) is 5.31.